The molecule has 2 aromatic carbocycles. The second-order valence-corrected chi connectivity index (χ2v) is 6.48. The van der Waals surface area contributed by atoms with E-state index in [9.17, 15) is 9.59 Å². The average molecular weight is 424 g/mol. The number of esters is 2. The first-order chi connectivity index (χ1) is 15.0. The predicted molar refractivity (Wildman–Crippen MR) is 119 cm³/mol. The predicted octanol–water partition coefficient (Wildman–Crippen LogP) is 5.21. The fourth-order valence-electron chi connectivity index (χ4n) is 3.22. The minimum atomic E-state index is -0.537. The summed E-state index contributed by atoms with van der Waals surface area (Å²) in [6, 6.07) is 10.6. The molecule has 2 aromatic rings. The Kier molecular flexibility index (Phi) is 8.88. The van der Waals surface area contributed by atoms with Gasteiger partial charge in [-0.05, 0) is 32.4 Å². The van der Waals surface area contributed by atoms with Gasteiger partial charge in [0.25, 0.3) is 0 Å². The molecule has 6 heteroatoms. The van der Waals surface area contributed by atoms with Gasteiger partial charge in [0, 0.05) is 41.3 Å². The standard InChI is InChI=1S/C25H28O6/c1-6-19(20-13-11-17(30-24(26)7-2)15-22(20)28-9-4)21-14-12-18(31-25(27)8-3)16-23(21)29-10-5/h7-8,11-16,19H,2-3,6,9-10H2,1,4-5H3. The average Bonchev–Trinajstić information content (AvgIpc) is 2.77. The van der Waals surface area contributed by atoms with Gasteiger partial charge in [-0.15, -0.1) is 0 Å². The minimum Gasteiger partial charge on any atom is -0.493 e. The highest BCUT2D eigenvalue weighted by atomic mass is 16.5. The Hall–Kier alpha value is -3.54. The summed E-state index contributed by atoms with van der Waals surface area (Å²) in [5, 5.41) is 0. The van der Waals surface area contributed by atoms with Crippen LogP contribution in [-0.2, 0) is 9.59 Å². The first-order valence-corrected chi connectivity index (χ1v) is 10.2. The number of rotatable bonds is 11. The van der Waals surface area contributed by atoms with Crippen LogP contribution in [0.4, 0.5) is 0 Å². The summed E-state index contributed by atoms with van der Waals surface area (Å²) in [5.74, 6) is 0.862. The van der Waals surface area contributed by atoms with Crippen molar-refractivity contribution in [3.63, 3.8) is 0 Å². The molecular formula is C25H28O6. The minimum absolute atomic E-state index is 0.0589. The van der Waals surface area contributed by atoms with Gasteiger partial charge in [-0.2, -0.15) is 0 Å². The van der Waals surface area contributed by atoms with Crippen molar-refractivity contribution in [1.82, 2.24) is 0 Å². The Balaban J connectivity index is 2.50. The largest absolute Gasteiger partial charge is 0.493 e. The van der Waals surface area contributed by atoms with Crippen LogP contribution in [0.5, 0.6) is 23.0 Å². The van der Waals surface area contributed by atoms with Crippen molar-refractivity contribution in [2.45, 2.75) is 33.1 Å². The van der Waals surface area contributed by atoms with E-state index >= 15 is 0 Å². The van der Waals surface area contributed by atoms with Crippen LogP contribution < -0.4 is 18.9 Å². The van der Waals surface area contributed by atoms with E-state index in [1.54, 1.807) is 24.3 Å². The van der Waals surface area contributed by atoms with Gasteiger partial charge in [0.2, 0.25) is 0 Å². The molecule has 0 bridgehead atoms. The Labute approximate surface area is 183 Å². The molecule has 0 aliphatic heterocycles. The van der Waals surface area contributed by atoms with Crippen molar-refractivity contribution < 1.29 is 28.5 Å². The number of ether oxygens (including phenoxy) is 4. The lowest BCUT2D eigenvalue weighted by Crippen LogP contribution is -2.09. The maximum Gasteiger partial charge on any atom is 0.335 e. The van der Waals surface area contributed by atoms with Crippen LogP contribution in [-0.4, -0.2) is 25.2 Å². The lowest BCUT2D eigenvalue weighted by Gasteiger charge is -2.23. The third-order valence-corrected chi connectivity index (χ3v) is 4.50. The van der Waals surface area contributed by atoms with Crippen molar-refractivity contribution in [3.8, 4) is 23.0 Å². The van der Waals surface area contributed by atoms with Gasteiger partial charge in [0.1, 0.15) is 23.0 Å². The number of benzene rings is 2. The molecular weight excluding hydrogens is 396 g/mol. The number of carbonyl (C=O) groups is 2. The zero-order valence-corrected chi connectivity index (χ0v) is 18.2. The van der Waals surface area contributed by atoms with Crippen LogP contribution >= 0.6 is 0 Å². The fraction of sp³-hybridized carbons (Fsp3) is 0.280. The van der Waals surface area contributed by atoms with Crippen LogP contribution in [0.2, 0.25) is 0 Å². The smallest absolute Gasteiger partial charge is 0.335 e. The molecule has 0 atom stereocenters. The van der Waals surface area contributed by atoms with Gasteiger partial charge in [0.05, 0.1) is 13.2 Å². The van der Waals surface area contributed by atoms with Gasteiger partial charge in [-0.25, -0.2) is 9.59 Å². The maximum absolute atomic E-state index is 11.6. The fourth-order valence-corrected chi connectivity index (χ4v) is 3.22. The number of carbonyl (C=O) groups excluding carboxylic acids is 2. The highest BCUT2D eigenvalue weighted by Gasteiger charge is 2.22. The molecule has 164 valence electrons. The number of hydrogen-bond acceptors (Lipinski definition) is 6. The molecule has 2 rings (SSSR count). The summed E-state index contributed by atoms with van der Waals surface area (Å²) in [5.41, 5.74) is 1.86. The van der Waals surface area contributed by atoms with Crippen LogP contribution in [0.15, 0.2) is 61.7 Å². The molecule has 0 fully saturated rings. The topological polar surface area (TPSA) is 71.1 Å². The monoisotopic (exact) mass is 424 g/mol. The van der Waals surface area contributed by atoms with Gasteiger partial charge in [-0.3, -0.25) is 0 Å². The van der Waals surface area contributed by atoms with Gasteiger partial charge in [0.15, 0.2) is 0 Å². The van der Waals surface area contributed by atoms with E-state index < -0.39 is 11.9 Å². The molecule has 0 unspecified atom stereocenters. The highest BCUT2D eigenvalue weighted by molar-refractivity contribution is 5.84. The lowest BCUT2D eigenvalue weighted by atomic mass is 9.87. The maximum atomic E-state index is 11.6. The van der Waals surface area contributed by atoms with E-state index in [4.69, 9.17) is 18.9 Å². The molecule has 0 N–H and O–H groups in total. The van der Waals surface area contributed by atoms with Crippen molar-refractivity contribution in [1.29, 1.82) is 0 Å². The Bertz CT molecular complexity index is 872. The van der Waals surface area contributed by atoms with Crippen molar-refractivity contribution in [3.05, 3.63) is 72.8 Å². The van der Waals surface area contributed by atoms with Gasteiger partial charge in [-0.1, -0.05) is 32.2 Å². The lowest BCUT2D eigenvalue weighted by molar-refractivity contribution is -0.129. The van der Waals surface area contributed by atoms with E-state index in [0.717, 1.165) is 29.7 Å². The van der Waals surface area contributed by atoms with E-state index in [1.807, 2.05) is 26.0 Å². The first kappa shape index (κ1) is 23.7. The van der Waals surface area contributed by atoms with Gasteiger partial charge < -0.3 is 18.9 Å². The molecule has 0 radical (unpaired) electrons. The molecule has 0 spiro atoms. The Morgan fingerprint density at radius 2 is 1.23 bits per heavy atom. The van der Waals surface area contributed by atoms with E-state index in [-0.39, 0.29) is 5.92 Å². The Morgan fingerprint density at radius 1 is 0.806 bits per heavy atom. The summed E-state index contributed by atoms with van der Waals surface area (Å²) in [4.78, 5) is 23.1. The molecule has 0 amide bonds. The normalized spacial score (nSPS) is 10.3. The molecule has 0 aliphatic rings. The summed E-state index contributed by atoms with van der Waals surface area (Å²) < 4.78 is 22.2. The van der Waals surface area contributed by atoms with Crippen molar-refractivity contribution in [2.75, 3.05) is 13.2 Å². The van der Waals surface area contributed by atoms with E-state index in [0.29, 0.717) is 36.2 Å². The third-order valence-electron chi connectivity index (χ3n) is 4.50. The van der Waals surface area contributed by atoms with E-state index in [1.165, 1.54) is 0 Å². The van der Waals surface area contributed by atoms with Crippen molar-refractivity contribution >= 4 is 11.9 Å². The third kappa shape index (κ3) is 6.22. The van der Waals surface area contributed by atoms with Crippen LogP contribution in [0.1, 0.15) is 44.2 Å². The zero-order chi connectivity index (χ0) is 22.8. The Morgan fingerprint density at radius 3 is 1.55 bits per heavy atom. The van der Waals surface area contributed by atoms with Crippen LogP contribution in [0.3, 0.4) is 0 Å². The summed E-state index contributed by atoms with van der Waals surface area (Å²) in [6.45, 7) is 13.6. The summed E-state index contributed by atoms with van der Waals surface area (Å²) >= 11 is 0. The van der Waals surface area contributed by atoms with Crippen LogP contribution in [0.25, 0.3) is 0 Å². The quantitative estimate of drug-likeness (QED) is 0.280. The summed E-state index contributed by atoms with van der Waals surface area (Å²) in [7, 11) is 0. The second kappa shape index (κ2) is 11.6. The molecule has 6 nitrogen and oxygen atoms in total. The molecule has 0 saturated carbocycles. The van der Waals surface area contributed by atoms with E-state index in [2.05, 4.69) is 20.1 Å². The summed E-state index contributed by atoms with van der Waals surface area (Å²) in [6.07, 6.45) is 2.98. The molecule has 0 heterocycles. The SMILES string of the molecule is C=CC(=O)Oc1ccc(C(CC)c2ccc(OC(=O)C=C)cc2OCC)c(OCC)c1. The molecule has 31 heavy (non-hydrogen) atoms. The van der Waals surface area contributed by atoms with Gasteiger partial charge >= 0.3 is 11.9 Å². The van der Waals surface area contributed by atoms with Crippen molar-refractivity contribution in [2.24, 2.45) is 0 Å². The molecule has 0 aliphatic carbocycles. The first-order valence-electron chi connectivity index (χ1n) is 10.2. The molecule has 0 aromatic heterocycles. The highest BCUT2D eigenvalue weighted by Crippen LogP contribution is 2.41. The number of hydrogen-bond donors (Lipinski definition) is 0. The van der Waals surface area contributed by atoms with Crippen LogP contribution in [0, 0.1) is 0 Å². The second-order valence-electron chi connectivity index (χ2n) is 6.48. The molecule has 0 saturated heterocycles. The zero-order valence-electron chi connectivity index (χ0n) is 18.2.